The summed E-state index contributed by atoms with van der Waals surface area (Å²) >= 11 is 0. The molecule has 1 heterocycles. The smallest absolute Gasteiger partial charge is 0.173 e. The molecule has 4 heteroatoms. The molecule has 0 saturated carbocycles. The van der Waals surface area contributed by atoms with Gasteiger partial charge in [0.25, 0.3) is 0 Å². The first-order valence-electron chi connectivity index (χ1n) is 4.98. The van der Waals surface area contributed by atoms with Crippen LogP contribution in [0.3, 0.4) is 0 Å². The molecule has 0 aliphatic heterocycles. The van der Waals surface area contributed by atoms with Gasteiger partial charge in [0.1, 0.15) is 0 Å². The predicted octanol–water partition coefficient (Wildman–Crippen LogP) is 1.37. The third-order valence-electron chi connectivity index (χ3n) is 3.15. The van der Waals surface area contributed by atoms with Crippen LogP contribution in [0.2, 0.25) is 0 Å². The predicted molar refractivity (Wildman–Crippen MR) is 59.6 cm³/mol. The van der Waals surface area contributed by atoms with E-state index in [-0.39, 0.29) is 5.78 Å². The minimum atomic E-state index is -0.601. The van der Waals surface area contributed by atoms with E-state index in [0.29, 0.717) is 5.56 Å². The number of nitrogens with zero attached hydrogens (tertiary/aromatic N) is 2. The van der Waals surface area contributed by atoms with Gasteiger partial charge in [0.05, 0.1) is 11.8 Å². The SMILES string of the molecule is Cn1cc(C(=O)C(C)(C)C(C)(C)N)cn1. The lowest BCUT2D eigenvalue weighted by Crippen LogP contribution is -2.51. The van der Waals surface area contributed by atoms with E-state index >= 15 is 0 Å². The van der Waals surface area contributed by atoms with Gasteiger partial charge < -0.3 is 5.73 Å². The lowest BCUT2D eigenvalue weighted by molar-refractivity contribution is 0.0735. The molecule has 0 amide bonds. The summed E-state index contributed by atoms with van der Waals surface area (Å²) in [5.74, 6) is 0.0306. The number of hydrogen-bond acceptors (Lipinski definition) is 3. The number of nitrogens with two attached hydrogens (primary N) is 1. The van der Waals surface area contributed by atoms with Crippen LogP contribution in [0.15, 0.2) is 12.4 Å². The Morgan fingerprint density at radius 1 is 1.40 bits per heavy atom. The molecule has 2 N–H and O–H groups in total. The fourth-order valence-electron chi connectivity index (χ4n) is 1.19. The summed E-state index contributed by atoms with van der Waals surface area (Å²) in [6, 6.07) is 0. The summed E-state index contributed by atoms with van der Waals surface area (Å²) in [5, 5.41) is 3.99. The summed E-state index contributed by atoms with van der Waals surface area (Å²) in [6.45, 7) is 7.45. The molecule has 0 atom stereocenters. The van der Waals surface area contributed by atoms with Crippen LogP contribution in [0.5, 0.6) is 0 Å². The summed E-state index contributed by atoms with van der Waals surface area (Å²) in [5.41, 5.74) is 5.47. The summed E-state index contributed by atoms with van der Waals surface area (Å²) in [7, 11) is 1.79. The third kappa shape index (κ3) is 2.09. The lowest BCUT2D eigenvalue weighted by Gasteiger charge is -2.36. The van der Waals surface area contributed by atoms with E-state index in [9.17, 15) is 4.79 Å². The van der Waals surface area contributed by atoms with Crippen molar-refractivity contribution in [1.82, 2.24) is 9.78 Å². The highest BCUT2D eigenvalue weighted by Crippen LogP contribution is 2.31. The highest BCUT2D eigenvalue weighted by molar-refractivity contribution is 6.00. The zero-order valence-electron chi connectivity index (χ0n) is 10.0. The number of aromatic nitrogens is 2. The first kappa shape index (κ1) is 11.9. The van der Waals surface area contributed by atoms with E-state index in [1.54, 1.807) is 24.1 Å². The largest absolute Gasteiger partial charge is 0.325 e. The van der Waals surface area contributed by atoms with Crippen molar-refractivity contribution < 1.29 is 4.79 Å². The maximum Gasteiger partial charge on any atom is 0.173 e. The Kier molecular flexibility index (Phi) is 2.74. The van der Waals surface area contributed by atoms with Crippen LogP contribution in [0.4, 0.5) is 0 Å². The van der Waals surface area contributed by atoms with E-state index in [1.807, 2.05) is 27.7 Å². The van der Waals surface area contributed by atoms with Gasteiger partial charge in [-0.1, -0.05) is 13.8 Å². The topological polar surface area (TPSA) is 60.9 Å². The summed E-state index contributed by atoms with van der Waals surface area (Å²) in [4.78, 5) is 12.2. The first-order valence-corrected chi connectivity index (χ1v) is 4.98. The van der Waals surface area contributed by atoms with Crippen LogP contribution in [-0.2, 0) is 7.05 Å². The van der Waals surface area contributed by atoms with Crippen LogP contribution in [0.25, 0.3) is 0 Å². The quantitative estimate of drug-likeness (QED) is 0.765. The Balaban J connectivity index is 3.05. The van der Waals surface area contributed by atoms with Gasteiger partial charge in [-0.2, -0.15) is 5.10 Å². The fraction of sp³-hybridized carbons (Fsp3) is 0.636. The molecule has 0 aromatic carbocycles. The van der Waals surface area contributed by atoms with Crippen molar-refractivity contribution in [3.63, 3.8) is 0 Å². The van der Waals surface area contributed by atoms with Crippen molar-refractivity contribution in [2.45, 2.75) is 33.2 Å². The Bertz CT molecular complexity index is 371. The second-order valence-corrected chi connectivity index (χ2v) is 5.08. The summed E-state index contributed by atoms with van der Waals surface area (Å²) < 4.78 is 1.62. The van der Waals surface area contributed by atoms with Gasteiger partial charge in [0.2, 0.25) is 0 Å². The van der Waals surface area contributed by atoms with Crippen molar-refractivity contribution in [1.29, 1.82) is 0 Å². The van der Waals surface area contributed by atoms with E-state index in [2.05, 4.69) is 5.10 Å². The Morgan fingerprint density at radius 3 is 2.27 bits per heavy atom. The van der Waals surface area contributed by atoms with Crippen LogP contribution in [0, 0.1) is 5.41 Å². The molecule has 0 bridgehead atoms. The standard InChI is InChI=1S/C11H19N3O/c1-10(2,11(3,4)12)9(15)8-6-13-14(5)7-8/h6-7H,12H2,1-5H3. The molecule has 1 aromatic heterocycles. The molecule has 15 heavy (non-hydrogen) atoms. The zero-order chi connectivity index (χ0) is 11.9. The number of ketones is 1. The van der Waals surface area contributed by atoms with E-state index in [1.165, 1.54) is 0 Å². The molecule has 0 aliphatic rings. The Hall–Kier alpha value is -1.16. The highest BCUT2D eigenvalue weighted by Gasteiger charge is 2.40. The Labute approximate surface area is 90.5 Å². The average molecular weight is 209 g/mol. The van der Waals surface area contributed by atoms with Crippen molar-refractivity contribution in [3.8, 4) is 0 Å². The molecular weight excluding hydrogens is 190 g/mol. The second-order valence-electron chi connectivity index (χ2n) is 5.08. The number of aryl methyl sites for hydroxylation is 1. The number of rotatable bonds is 3. The molecule has 0 radical (unpaired) electrons. The number of carbonyl (C=O) groups excluding carboxylic acids is 1. The third-order valence-corrected chi connectivity index (χ3v) is 3.15. The maximum atomic E-state index is 12.2. The van der Waals surface area contributed by atoms with Crippen molar-refractivity contribution in [2.75, 3.05) is 0 Å². The maximum absolute atomic E-state index is 12.2. The molecule has 0 spiro atoms. The van der Waals surface area contributed by atoms with Gasteiger partial charge in [-0.25, -0.2) is 0 Å². The van der Waals surface area contributed by atoms with Gasteiger partial charge in [0, 0.05) is 24.2 Å². The normalized spacial score (nSPS) is 12.9. The van der Waals surface area contributed by atoms with E-state index < -0.39 is 11.0 Å². The first-order chi connectivity index (χ1) is 6.66. The number of carbonyl (C=O) groups is 1. The van der Waals surface area contributed by atoms with Gasteiger partial charge in [0.15, 0.2) is 5.78 Å². The second kappa shape index (κ2) is 3.45. The lowest BCUT2D eigenvalue weighted by atomic mass is 9.71. The minimum absolute atomic E-state index is 0.0306. The fourth-order valence-corrected chi connectivity index (χ4v) is 1.19. The van der Waals surface area contributed by atoms with Gasteiger partial charge in [-0.3, -0.25) is 9.48 Å². The monoisotopic (exact) mass is 209 g/mol. The van der Waals surface area contributed by atoms with E-state index in [0.717, 1.165) is 0 Å². The Morgan fingerprint density at radius 2 is 1.93 bits per heavy atom. The van der Waals surface area contributed by atoms with Gasteiger partial charge in [-0.05, 0) is 13.8 Å². The van der Waals surface area contributed by atoms with Crippen LogP contribution in [-0.4, -0.2) is 21.1 Å². The van der Waals surface area contributed by atoms with Crippen LogP contribution >= 0.6 is 0 Å². The minimum Gasteiger partial charge on any atom is -0.325 e. The molecule has 0 unspecified atom stereocenters. The van der Waals surface area contributed by atoms with Crippen LogP contribution < -0.4 is 5.73 Å². The van der Waals surface area contributed by atoms with Gasteiger partial charge in [-0.15, -0.1) is 0 Å². The van der Waals surface area contributed by atoms with Crippen molar-refractivity contribution >= 4 is 5.78 Å². The van der Waals surface area contributed by atoms with Crippen molar-refractivity contribution in [2.24, 2.45) is 18.2 Å². The highest BCUT2D eigenvalue weighted by atomic mass is 16.1. The van der Waals surface area contributed by atoms with Crippen LogP contribution in [0.1, 0.15) is 38.1 Å². The molecule has 4 nitrogen and oxygen atoms in total. The molecule has 0 fully saturated rings. The molecular formula is C11H19N3O. The molecule has 0 aliphatic carbocycles. The summed E-state index contributed by atoms with van der Waals surface area (Å²) in [6.07, 6.45) is 3.30. The molecule has 1 rings (SSSR count). The molecule has 1 aromatic rings. The van der Waals surface area contributed by atoms with Gasteiger partial charge >= 0.3 is 0 Å². The van der Waals surface area contributed by atoms with E-state index in [4.69, 9.17) is 5.73 Å². The molecule has 0 saturated heterocycles. The number of hydrogen-bond donors (Lipinski definition) is 1. The zero-order valence-corrected chi connectivity index (χ0v) is 10.0. The average Bonchev–Trinajstić information content (AvgIpc) is 2.48. The number of Topliss-reactive ketones (excluding diaryl/α,β-unsaturated/α-hetero) is 1. The van der Waals surface area contributed by atoms with Crippen molar-refractivity contribution in [3.05, 3.63) is 18.0 Å². The molecule has 84 valence electrons.